The monoisotopic (exact) mass is 423 g/mol. The van der Waals surface area contributed by atoms with Crippen LogP contribution in [0.15, 0.2) is 48.8 Å². The van der Waals surface area contributed by atoms with Gasteiger partial charge in [0.05, 0.1) is 16.5 Å². The fourth-order valence-corrected chi connectivity index (χ4v) is 3.10. The number of anilines is 2. The number of amides is 1. The number of pyridine rings is 2. The van der Waals surface area contributed by atoms with Gasteiger partial charge in [-0.15, -0.1) is 0 Å². The number of benzene rings is 1. The molecule has 3 aromatic heterocycles. The number of nitrogen functional groups attached to an aromatic ring is 1. The van der Waals surface area contributed by atoms with Gasteiger partial charge in [-0.2, -0.15) is 0 Å². The molecule has 8 nitrogen and oxygen atoms in total. The number of aromatic nitrogens is 4. The molecule has 0 saturated carbocycles. The smallest absolute Gasteiger partial charge is 0.250 e. The first kappa shape index (κ1) is 19.5. The lowest BCUT2D eigenvalue weighted by Crippen LogP contribution is -2.16. The Labute approximate surface area is 175 Å². The minimum atomic E-state index is -0.594. The number of halogens is 2. The van der Waals surface area contributed by atoms with Gasteiger partial charge in [0, 0.05) is 24.0 Å². The van der Waals surface area contributed by atoms with E-state index in [4.69, 9.17) is 23.1 Å². The predicted octanol–water partition coefficient (Wildman–Crippen LogP) is 3.17. The van der Waals surface area contributed by atoms with Gasteiger partial charge >= 0.3 is 0 Å². The molecule has 0 atom stereocenters. The van der Waals surface area contributed by atoms with Gasteiger partial charge in [0.15, 0.2) is 11.5 Å². The summed E-state index contributed by atoms with van der Waals surface area (Å²) in [5.74, 6) is -0.390. The van der Waals surface area contributed by atoms with Gasteiger partial charge in [-0.3, -0.25) is 9.78 Å². The molecular weight excluding hydrogens is 409 g/mol. The first-order chi connectivity index (χ1) is 14.4. The Hall–Kier alpha value is -3.85. The summed E-state index contributed by atoms with van der Waals surface area (Å²) in [4.78, 5) is 28.6. The Morgan fingerprint density at radius 3 is 2.77 bits per heavy atom. The third-order valence-electron chi connectivity index (χ3n) is 4.37. The van der Waals surface area contributed by atoms with Gasteiger partial charge in [-0.1, -0.05) is 11.6 Å². The van der Waals surface area contributed by atoms with E-state index in [1.165, 1.54) is 24.4 Å². The maximum absolute atomic E-state index is 14.4. The first-order valence-corrected chi connectivity index (χ1v) is 9.16. The van der Waals surface area contributed by atoms with E-state index < -0.39 is 11.7 Å². The molecule has 0 aliphatic heterocycles. The van der Waals surface area contributed by atoms with Crippen molar-refractivity contribution in [3.05, 3.63) is 70.8 Å². The van der Waals surface area contributed by atoms with Crippen molar-refractivity contribution in [3.63, 3.8) is 0 Å². The molecular formula is C20H15ClFN7O. The highest BCUT2D eigenvalue weighted by molar-refractivity contribution is 6.30. The van der Waals surface area contributed by atoms with E-state index in [0.717, 1.165) is 0 Å². The molecule has 150 valence electrons. The van der Waals surface area contributed by atoms with Crippen LogP contribution in [-0.2, 0) is 6.54 Å². The minimum Gasteiger partial charge on any atom is -0.384 e. The predicted molar refractivity (Wildman–Crippen MR) is 112 cm³/mol. The van der Waals surface area contributed by atoms with Crippen LogP contribution in [0.5, 0.6) is 0 Å². The van der Waals surface area contributed by atoms with Crippen molar-refractivity contribution < 1.29 is 9.18 Å². The minimum absolute atomic E-state index is 0.0907. The SMILES string of the molecule is NC(=O)c1cnccc1CNc1nc(-c2cc(Cl)ccc2F)nc2nc(N)ccc12. The molecule has 0 bridgehead atoms. The molecule has 3 heterocycles. The van der Waals surface area contributed by atoms with E-state index in [-0.39, 0.29) is 35.0 Å². The third kappa shape index (κ3) is 3.83. The van der Waals surface area contributed by atoms with Crippen LogP contribution in [0.4, 0.5) is 16.0 Å². The van der Waals surface area contributed by atoms with Gasteiger partial charge in [0.25, 0.3) is 5.91 Å². The second-order valence-corrected chi connectivity index (χ2v) is 6.81. The van der Waals surface area contributed by atoms with Crippen LogP contribution in [0.2, 0.25) is 5.02 Å². The van der Waals surface area contributed by atoms with Gasteiger partial charge in [0.2, 0.25) is 0 Å². The molecule has 1 amide bonds. The van der Waals surface area contributed by atoms with Crippen LogP contribution >= 0.6 is 11.6 Å². The number of nitrogens with one attached hydrogen (secondary N) is 1. The van der Waals surface area contributed by atoms with E-state index in [1.54, 1.807) is 24.4 Å². The molecule has 1 aromatic carbocycles. The van der Waals surface area contributed by atoms with Crippen molar-refractivity contribution >= 4 is 40.2 Å². The van der Waals surface area contributed by atoms with E-state index in [0.29, 0.717) is 21.8 Å². The van der Waals surface area contributed by atoms with Crippen LogP contribution in [0.3, 0.4) is 0 Å². The summed E-state index contributed by atoms with van der Waals surface area (Å²) in [6, 6.07) is 9.09. The molecule has 0 saturated heterocycles. The van der Waals surface area contributed by atoms with Crippen molar-refractivity contribution in [2.45, 2.75) is 6.54 Å². The van der Waals surface area contributed by atoms with Crippen LogP contribution in [0.1, 0.15) is 15.9 Å². The van der Waals surface area contributed by atoms with Crippen molar-refractivity contribution in [1.29, 1.82) is 0 Å². The number of carbonyl (C=O) groups excluding carboxylic acids is 1. The van der Waals surface area contributed by atoms with E-state index in [1.807, 2.05) is 0 Å². The Morgan fingerprint density at radius 1 is 1.13 bits per heavy atom. The maximum atomic E-state index is 14.4. The van der Waals surface area contributed by atoms with E-state index in [2.05, 4.69) is 25.3 Å². The summed E-state index contributed by atoms with van der Waals surface area (Å²) < 4.78 is 14.4. The Bertz CT molecular complexity index is 1280. The quantitative estimate of drug-likeness (QED) is 0.449. The molecule has 5 N–H and O–H groups in total. The Balaban J connectivity index is 1.81. The second-order valence-electron chi connectivity index (χ2n) is 6.38. The lowest BCUT2D eigenvalue weighted by molar-refractivity contribution is 0.0999. The van der Waals surface area contributed by atoms with Crippen molar-refractivity contribution in [2.75, 3.05) is 11.1 Å². The number of hydrogen-bond donors (Lipinski definition) is 3. The Morgan fingerprint density at radius 2 is 1.97 bits per heavy atom. The number of rotatable bonds is 5. The summed E-state index contributed by atoms with van der Waals surface area (Å²) >= 11 is 6.02. The largest absolute Gasteiger partial charge is 0.384 e. The van der Waals surface area contributed by atoms with Gasteiger partial charge in [0.1, 0.15) is 17.5 Å². The highest BCUT2D eigenvalue weighted by Gasteiger charge is 2.15. The normalized spacial score (nSPS) is 10.9. The van der Waals surface area contributed by atoms with Crippen LogP contribution in [-0.4, -0.2) is 25.8 Å². The van der Waals surface area contributed by atoms with Gasteiger partial charge in [-0.05, 0) is 42.0 Å². The van der Waals surface area contributed by atoms with Crippen molar-refractivity contribution in [2.24, 2.45) is 5.73 Å². The summed E-state index contributed by atoms with van der Waals surface area (Å²) in [6.07, 6.45) is 2.95. The average Bonchev–Trinajstić information content (AvgIpc) is 2.73. The van der Waals surface area contributed by atoms with E-state index >= 15 is 0 Å². The fourth-order valence-electron chi connectivity index (χ4n) is 2.93. The molecule has 4 aromatic rings. The van der Waals surface area contributed by atoms with Crippen molar-refractivity contribution in [3.8, 4) is 11.4 Å². The average molecular weight is 424 g/mol. The molecule has 0 unspecified atom stereocenters. The number of hydrogen-bond acceptors (Lipinski definition) is 7. The van der Waals surface area contributed by atoms with Gasteiger partial charge in [-0.25, -0.2) is 19.3 Å². The third-order valence-corrected chi connectivity index (χ3v) is 4.61. The molecule has 4 rings (SSSR count). The summed E-state index contributed by atoms with van der Waals surface area (Å²) in [6.45, 7) is 0.217. The molecule has 0 aliphatic carbocycles. The zero-order valence-electron chi connectivity index (χ0n) is 15.4. The van der Waals surface area contributed by atoms with Crippen LogP contribution < -0.4 is 16.8 Å². The standard InChI is InChI=1S/C20H15ClFN7O/c21-11-1-3-15(22)13(7-11)20-28-18(12-2-4-16(23)27-19(12)29-20)26-8-10-5-6-25-9-14(10)17(24)30/h1-7,9H,8H2,(H2,24,30)(H3,23,26,27,28,29). The number of carbonyl (C=O) groups is 1. The highest BCUT2D eigenvalue weighted by atomic mass is 35.5. The number of primary amides is 1. The van der Waals surface area contributed by atoms with Crippen LogP contribution in [0.25, 0.3) is 22.4 Å². The molecule has 0 radical (unpaired) electrons. The topological polar surface area (TPSA) is 133 Å². The zero-order valence-corrected chi connectivity index (χ0v) is 16.2. The number of fused-ring (bicyclic) bond motifs is 1. The fraction of sp³-hybridized carbons (Fsp3) is 0.0500. The summed E-state index contributed by atoms with van der Waals surface area (Å²) in [5.41, 5.74) is 12.5. The first-order valence-electron chi connectivity index (χ1n) is 8.78. The maximum Gasteiger partial charge on any atom is 0.250 e. The molecule has 10 heteroatoms. The molecule has 0 fully saturated rings. The second kappa shape index (κ2) is 7.88. The number of nitrogens with two attached hydrogens (primary N) is 2. The summed E-state index contributed by atoms with van der Waals surface area (Å²) in [7, 11) is 0. The molecule has 0 spiro atoms. The number of nitrogens with zero attached hydrogens (tertiary/aromatic N) is 4. The van der Waals surface area contributed by atoms with Crippen molar-refractivity contribution in [1.82, 2.24) is 19.9 Å². The molecule has 30 heavy (non-hydrogen) atoms. The lowest BCUT2D eigenvalue weighted by Gasteiger charge is -2.12. The lowest BCUT2D eigenvalue weighted by atomic mass is 10.1. The summed E-state index contributed by atoms with van der Waals surface area (Å²) in [5, 5.41) is 4.05. The molecule has 0 aliphatic rings. The van der Waals surface area contributed by atoms with Crippen LogP contribution in [0, 0.1) is 5.82 Å². The Kier molecular flexibility index (Phi) is 5.11. The van der Waals surface area contributed by atoms with E-state index in [9.17, 15) is 9.18 Å². The van der Waals surface area contributed by atoms with Gasteiger partial charge < -0.3 is 16.8 Å². The highest BCUT2D eigenvalue weighted by Crippen LogP contribution is 2.28. The zero-order chi connectivity index (χ0) is 21.3.